The van der Waals surface area contributed by atoms with Crippen molar-refractivity contribution in [3.8, 4) is 0 Å². The van der Waals surface area contributed by atoms with Crippen LogP contribution in [-0.4, -0.2) is 11.2 Å². The maximum absolute atomic E-state index is 12.8. The maximum Gasteiger partial charge on any atom is 0.123 e. The lowest BCUT2D eigenvalue weighted by Gasteiger charge is -2.16. The summed E-state index contributed by atoms with van der Waals surface area (Å²) in [6.07, 6.45) is -0.696. The van der Waals surface area contributed by atoms with Crippen LogP contribution in [0.4, 0.5) is 4.39 Å². The van der Waals surface area contributed by atoms with Gasteiger partial charge in [0.05, 0.1) is 12.1 Å². The molecular weight excluding hydrogens is 237 g/mol. The van der Waals surface area contributed by atoms with E-state index >= 15 is 0 Å². The summed E-state index contributed by atoms with van der Waals surface area (Å²) in [4.78, 5) is 0. The first kappa shape index (κ1) is 10.6. The van der Waals surface area contributed by atoms with Crippen LogP contribution < -0.4 is 5.73 Å². The molecule has 0 aliphatic carbocycles. The number of halogens is 2. The lowest BCUT2D eigenvalue weighted by atomic mass is 10.0. The molecule has 2 atom stereocenters. The molecule has 0 amide bonds. The van der Waals surface area contributed by atoms with Crippen molar-refractivity contribution in [2.45, 2.75) is 19.1 Å². The number of aliphatic hydroxyl groups is 1. The zero-order valence-electron chi connectivity index (χ0n) is 7.17. The van der Waals surface area contributed by atoms with E-state index < -0.39 is 12.1 Å². The van der Waals surface area contributed by atoms with Gasteiger partial charge in [0.15, 0.2) is 0 Å². The zero-order valence-corrected chi connectivity index (χ0v) is 8.75. The van der Waals surface area contributed by atoms with Crippen LogP contribution in [-0.2, 0) is 0 Å². The molecule has 2 nitrogen and oxygen atoms in total. The average molecular weight is 248 g/mol. The summed E-state index contributed by atoms with van der Waals surface area (Å²) in [5.41, 5.74) is 6.24. The Balaban J connectivity index is 3.05. The van der Waals surface area contributed by atoms with Crippen molar-refractivity contribution >= 4 is 15.9 Å². The van der Waals surface area contributed by atoms with Crippen molar-refractivity contribution in [1.82, 2.24) is 0 Å². The molecule has 0 fully saturated rings. The predicted octanol–water partition coefficient (Wildman–Crippen LogP) is 1.97. The molecule has 0 saturated carbocycles. The molecule has 1 rings (SSSR count). The second-order valence-electron chi connectivity index (χ2n) is 2.93. The minimum atomic E-state index is -0.696. The number of rotatable bonds is 2. The van der Waals surface area contributed by atoms with Crippen LogP contribution in [0, 0.1) is 5.82 Å². The van der Waals surface area contributed by atoms with Gasteiger partial charge < -0.3 is 10.8 Å². The standard InChI is InChI=1S/C9H11BrFNO/c1-5(13)9(12)7-4-6(11)2-3-8(7)10/h2-5,9,13H,12H2,1H3/t5-,9+/m1/s1. The SMILES string of the molecule is C[C@@H](O)[C@H](N)c1cc(F)ccc1Br. The monoisotopic (exact) mass is 247 g/mol. The lowest BCUT2D eigenvalue weighted by molar-refractivity contribution is 0.164. The van der Waals surface area contributed by atoms with Gasteiger partial charge in [-0.1, -0.05) is 15.9 Å². The number of nitrogens with two attached hydrogens (primary N) is 1. The van der Waals surface area contributed by atoms with Gasteiger partial charge in [-0.2, -0.15) is 0 Å². The van der Waals surface area contributed by atoms with Crippen LogP contribution in [0.15, 0.2) is 22.7 Å². The topological polar surface area (TPSA) is 46.2 Å². The Hall–Kier alpha value is -0.450. The molecular formula is C9H11BrFNO. The normalized spacial score (nSPS) is 15.5. The minimum Gasteiger partial charge on any atom is -0.391 e. The smallest absolute Gasteiger partial charge is 0.123 e. The molecule has 0 bridgehead atoms. The van der Waals surface area contributed by atoms with E-state index in [1.807, 2.05) is 0 Å². The van der Waals surface area contributed by atoms with Crippen LogP contribution in [0.2, 0.25) is 0 Å². The van der Waals surface area contributed by atoms with E-state index in [0.717, 1.165) is 0 Å². The van der Waals surface area contributed by atoms with E-state index in [1.54, 1.807) is 13.0 Å². The van der Waals surface area contributed by atoms with Crippen molar-refractivity contribution in [2.24, 2.45) is 5.73 Å². The van der Waals surface area contributed by atoms with Crippen LogP contribution in [0.1, 0.15) is 18.5 Å². The van der Waals surface area contributed by atoms with Crippen molar-refractivity contribution in [3.05, 3.63) is 34.1 Å². The molecule has 0 saturated heterocycles. The number of hydrogen-bond acceptors (Lipinski definition) is 2. The second-order valence-corrected chi connectivity index (χ2v) is 3.79. The van der Waals surface area contributed by atoms with E-state index in [0.29, 0.717) is 10.0 Å². The molecule has 4 heteroatoms. The van der Waals surface area contributed by atoms with Gasteiger partial charge >= 0.3 is 0 Å². The third kappa shape index (κ3) is 2.49. The molecule has 0 aliphatic rings. The first-order chi connectivity index (χ1) is 6.02. The average Bonchev–Trinajstić information content (AvgIpc) is 2.08. The number of benzene rings is 1. The highest BCUT2D eigenvalue weighted by Crippen LogP contribution is 2.24. The van der Waals surface area contributed by atoms with E-state index in [1.165, 1.54) is 12.1 Å². The fraction of sp³-hybridized carbons (Fsp3) is 0.333. The van der Waals surface area contributed by atoms with Gasteiger partial charge in [0.1, 0.15) is 5.82 Å². The molecule has 0 unspecified atom stereocenters. The molecule has 0 aromatic heterocycles. The van der Waals surface area contributed by atoms with Gasteiger partial charge in [-0.15, -0.1) is 0 Å². The third-order valence-electron chi connectivity index (χ3n) is 1.84. The number of hydrogen-bond donors (Lipinski definition) is 2. The first-order valence-electron chi connectivity index (χ1n) is 3.91. The fourth-order valence-electron chi connectivity index (χ4n) is 1.03. The Bertz CT molecular complexity index is 304. The van der Waals surface area contributed by atoms with Crippen molar-refractivity contribution in [1.29, 1.82) is 0 Å². The van der Waals surface area contributed by atoms with Crippen LogP contribution in [0.25, 0.3) is 0 Å². The van der Waals surface area contributed by atoms with Gasteiger partial charge in [-0.25, -0.2) is 4.39 Å². The summed E-state index contributed by atoms with van der Waals surface area (Å²) in [6, 6.07) is 3.67. The van der Waals surface area contributed by atoms with Gasteiger partial charge in [0, 0.05) is 4.47 Å². The molecule has 1 aromatic rings. The van der Waals surface area contributed by atoms with Crippen LogP contribution >= 0.6 is 15.9 Å². The predicted molar refractivity (Wildman–Crippen MR) is 52.7 cm³/mol. The highest BCUT2D eigenvalue weighted by Gasteiger charge is 2.15. The van der Waals surface area contributed by atoms with E-state index in [9.17, 15) is 9.50 Å². The lowest BCUT2D eigenvalue weighted by Crippen LogP contribution is -2.23. The summed E-state index contributed by atoms with van der Waals surface area (Å²) in [5.74, 6) is -0.352. The first-order valence-corrected chi connectivity index (χ1v) is 4.70. The maximum atomic E-state index is 12.8. The van der Waals surface area contributed by atoms with Crippen molar-refractivity contribution in [2.75, 3.05) is 0 Å². The molecule has 0 aliphatic heterocycles. The summed E-state index contributed by atoms with van der Waals surface area (Å²) in [6.45, 7) is 1.57. The Morgan fingerprint density at radius 3 is 2.69 bits per heavy atom. The van der Waals surface area contributed by atoms with E-state index in [-0.39, 0.29) is 5.82 Å². The Kier molecular flexibility index (Phi) is 3.41. The van der Waals surface area contributed by atoms with Crippen molar-refractivity contribution in [3.63, 3.8) is 0 Å². The van der Waals surface area contributed by atoms with Gasteiger partial charge in [0.25, 0.3) is 0 Å². The van der Waals surface area contributed by atoms with Gasteiger partial charge in [-0.05, 0) is 30.7 Å². The summed E-state index contributed by atoms with van der Waals surface area (Å²) >= 11 is 3.24. The third-order valence-corrected chi connectivity index (χ3v) is 2.56. The summed E-state index contributed by atoms with van der Waals surface area (Å²) in [5, 5.41) is 9.22. The largest absolute Gasteiger partial charge is 0.391 e. The molecule has 13 heavy (non-hydrogen) atoms. The van der Waals surface area contributed by atoms with Crippen molar-refractivity contribution < 1.29 is 9.50 Å². The number of aliphatic hydroxyl groups excluding tert-OH is 1. The van der Waals surface area contributed by atoms with Crippen LogP contribution in [0.3, 0.4) is 0 Å². The Morgan fingerprint density at radius 2 is 2.15 bits per heavy atom. The molecule has 0 heterocycles. The van der Waals surface area contributed by atoms with Gasteiger partial charge in [-0.3, -0.25) is 0 Å². The molecule has 0 radical (unpaired) electrons. The molecule has 0 spiro atoms. The van der Waals surface area contributed by atoms with Crippen LogP contribution in [0.5, 0.6) is 0 Å². The Labute approximate surface area is 84.7 Å². The summed E-state index contributed by atoms with van der Waals surface area (Å²) < 4.78 is 13.5. The fourth-order valence-corrected chi connectivity index (χ4v) is 1.54. The second kappa shape index (κ2) is 4.17. The highest BCUT2D eigenvalue weighted by molar-refractivity contribution is 9.10. The minimum absolute atomic E-state index is 0.352. The van der Waals surface area contributed by atoms with E-state index in [4.69, 9.17) is 5.73 Å². The van der Waals surface area contributed by atoms with Gasteiger partial charge in [0.2, 0.25) is 0 Å². The molecule has 1 aromatic carbocycles. The Morgan fingerprint density at radius 1 is 1.54 bits per heavy atom. The van der Waals surface area contributed by atoms with E-state index in [2.05, 4.69) is 15.9 Å². The molecule has 72 valence electrons. The summed E-state index contributed by atoms with van der Waals surface area (Å²) in [7, 11) is 0. The zero-order chi connectivity index (χ0) is 10.0. The highest BCUT2D eigenvalue weighted by atomic mass is 79.9. The molecule has 3 N–H and O–H groups in total. The quantitative estimate of drug-likeness (QED) is 0.840.